The Morgan fingerprint density at radius 3 is 2.24 bits per heavy atom. The van der Waals surface area contributed by atoms with Gasteiger partial charge in [-0.05, 0) is 24.3 Å². The van der Waals surface area contributed by atoms with Crippen LogP contribution in [0, 0.1) is 0 Å². The summed E-state index contributed by atoms with van der Waals surface area (Å²) in [5.74, 6) is -0.130. The first kappa shape index (κ1) is 22.6. The van der Waals surface area contributed by atoms with E-state index in [1.165, 1.54) is 14.2 Å². The molecule has 0 aliphatic rings. The van der Waals surface area contributed by atoms with Gasteiger partial charge in [-0.1, -0.05) is 48.5 Å². The van der Waals surface area contributed by atoms with Crippen molar-refractivity contribution in [2.24, 2.45) is 0 Å². The molecule has 0 saturated heterocycles. The van der Waals surface area contributed by atoms with Gasteiger partial charge in [0.05, 0.1) is 19.9 Å². The van der Waals surface area contributed by atoms with Gasteiger partial charge in [0, 0.05) is 23.5 Å². The Morgan fingerprint density at radius 2 is 1.56 bits per heavy atom. The van der Waals surface area contributed by atoms with E-state index in [0.717, 1.165) is 11.3 Å². The number of methoxy groups -OCH3 is 2. The number of amides is 1. The normalized spacial score (nSPS) is 10.4. The average Bonchev–Trinajstić information content (AvgIpc) is 3.34. The molecule has 3 aromatic carbocycles. The Hall–Kier alpha value is -4.59. The van der Waals surface area contributed by atoms with E-state index < -0.39 is 18.5 Å². The van der Waals surface area contributed by atoms with Crippen molar-refractivity contribution < 1.29 is 23.8 Å². The Balaban J connectivity index is 1.50. The molecule has 0 atom stereocenters. The van der Waals surface area contributed by atoms with E-state index in [1.54, 1.807) is 29.1 Å². The molecular weight excluding hydrogens is 434 g/mol. The van der Waals surface area contributed by atoms with Gasteiger partial charge in [0.25, 0.3) is 5.91 Å². The van der Waals surface area contributed by atoms with Crippen molar-refractivity contribution in [2.75, 3.05) is 26.1 Å². The van der Waals surface area contributed by atoms with Crippen LogP contribution in [0.3, 0.4) is 0 Å². The molecule has 8 nitrogen and oxygen atoms in total. The zero-order valence-corrected chi connectivity index (χ0v) is 18.7. The minimum absolute atomic E-state index is 0.258. The highest BCUT2D eigenvalue weighted by atomic mass is 16.5. The van der Waals surface area contributed by atoms with Crippen molar-refractivity contribution in [3.63, 3.8) is 0 Å². The maximum atomic E-state index is 12.9. The fourth-order valence-electron chi connectivity index (χ4n) is 3.37. The van der Waals surface area contributed by atoms with E-state index in [4.69, 9.17) is 14.2 Å². The number of nitrogens with zero attached hydrogens (tertiary/aromatic N) is 2. The lowest BCUT2D eigenvalue weighted by Gasteiger charge is -2.11. The molecule has 1 N–H and O–H groups in total. The van der Waals surface area contributed by atoms with Crippen LogP contribution in [0.15, 0.2) is 85.1 Å². The van der Waals surface area contributed by atoms with Gasteiger partial charge in [-0.3, -0.25) is 4.79 Å². The lowest BCUT2D eigenvalue weighted by atomic mass is 10.1. The van der Waals surface area contributed by atoms with Crippen LogP contribution < -0.4 is 14.8 Å². The minimum Gasteiger partial charge on any atom is -0.493 e. The fourth-order valence-corrected chi connectivity index (χ4v) is 3.37. The van der Waals surface area contributed by atoms with Crippen LogP contribution in [0.1, 0.15) is 10.4 Å². The van der Waals surface area contributed by atoms with Crippen molar-refractivity contribution in [3.05, 3.63) is 90.6 Å². The lowest BCUT2D eigenvalue weighted by Crippen LogP contribution is -2.21. The number of carbonyl (C=O) groups excluding carboxylic acids is 2. The van der Waals surface area contributed by atoms with Gasteiger partial charge < -0.3 is 19.5 Å². The molecule has 1 amide bonds. The maximum absolute atomic E-state index is 12.9. The maximum Gasteiger partial charge on any atom is 0.342 e. The van der Waals surface area contributed by atoms with Crippen LogP contribution in [-0.4, -0.2) is 42.5 Å². The van der Waals surface area contributed by atoms with Gasteiger partial charge in [0.2, 0.25) is 0 Å². The van der Waals surface area contributed by atoms with Gasteiger partial charge in [0.15, 0.2) is 18.1 Å². The van der Waals surface area contributed by atoms with Gasteiger partial charge in [-0.25, -0.2) is 9.48 Å². The topological polar surface area (TPSA) is 91.7 Å². The number of aromatic nitrogens is 2. The van der Waals surface area contributed by atoms with Crippen LogP contribution >= 0.6 is 0 Å². The van der Waals surface area contributed by atoms with Crippen molar-refractivity contribution in [1.29, 1.82) is 0 Å². The quantitative estimate of drug-likeness (QED) is 0.396. The third kappa shape index (κ3) is 5.07. The minimum atomic E-state index is -0.650. The second kappa shape index (κ2) is 10.4. The Labute approximate surface area is 196 Å². The predicted octanol–water partition coefficient (Wildman–Crippen LogP) is 4.35. The zero-order valence-electron chi connectivity index (χ0n) is 18.7. The molecule has 0 aliphatic carbocycles. The number of hydrogen-bond acceptors (Lipinski definition) is 6. The molecule has 4 aromatic rings. The summed E-state index contributed by atoms with van der Waals surface area (Å²) >= 11 is 0. The molecule has 0 saturated carbocycles. The molecule has 8 heteroatoms. The number of para-hydroxylation sites is 1. The van der Waals surface area contributed by atoms with E-state index >= 15 is 0 Å². The first-order chi connectivity index (χ1) is 16.6. The largest absolute Gasteiger partial charge is 0.493 e. The molecular formula is C26H23N3O5. The number of carbonyl (C=O) groups is 2. The zero-order chi connectivity index (χ0) is 23.9. The SMILES string of the molecule is COc1ccc(NC(=O)COC(=O)c2cn(-c3ccccc3)nc2-c2ccccc2)cc1OC. The summed E-state index contributed by atoms with van der Waals surface area (Å²) in [4.78, 5) is 25.3. The third-order valence-electron chi connectivity index (χ3n) is 5.00. The molecule has 34 heavy (non-hydrogen) atoms. The van der Waals surface area contributed by atoms with Crippen molar-refractivity contribution >= 4 is 17.6 Å². The average molecular weight is 457 g/mol. The van der Waals surface area contributed by atoms with Gasteiger partial charge in [-0.15, -0.1) is 0 Å². The lowest BCUT2D eigenvalue weighted by molar-refractivity contribution is -0.119. The summed E-state index contributed by atoms with van der Waals surface area (Å²) in [5, 5.41) is 7.27. The smallest absolute Gasteiger partial charge is 0.342 e. The molecule has 0 bridgehead atoms. The molecule has 172 valence electrons. The monoisotopic (exact) mass is 457 g/mol. The molecule has 1 aromatic heterocycles. The summed E-state index contributed by atoms with van der Waals surface area (Å²) < 4.78 is 17.4. The predicted molar refractivity (Wildman–Crippen MR) is 127 cm³/mol. The standard InChI is InChI=1S/C26H23N3O5/c1-32-22-14-13-19(15-23(22)33-2)27-24(30)17-34-26(31)21-16-29(20-11-7-4-8-12-20)28-25(21)18-9-5-3-6-10-18/h3-16H,17H2,1-2H3,(H,27,30). The van der Waals surface area contributed by atoms with E-state index in [0.29, 0.717) is 22.9 Å². The summed E-state index contributed by atoms with van der Waals surface area (Å²) in [6.45, 7) is -0.460. The van der Waals surface area contributed by atoms with E-state index in [2.05, 4.69) is 10.4 Å². The van der Waals surface area contributed by atoms with Gasteiger partial charge in [-0.2, -0.15) is 5.10 Å². The van der Waals surface area contributed by atoms with Crippen molar-refractivity contribution in [1.82, 2.24) is 9.78 Å². The van der Waals surface area contributed by atoms with Gasteiger partial charge >= 0.3 is 5.97 Å². The molecule has 0 aliphatic heterocycles. The van der Waals surface area contributed by atoms with E-state index in [1.807, 2.05) is 60.7 Å². The van der Waals surface area contributed by atoms with Crippen LogP contribution in [0.25, 0.3) is 16.9 Å². The summed E-state index contributed by atoms with van der Waals surface area (Å²) in [6.07, 6.45) is 1.60. The number of anilines is 1. The summed E-state index contributed by atoms with van der Waals surface area (Å²) in [6, 6.07) is 23.7. The highest BCUT2D eigenvalue weighted by molar-refractivity contribution is 5.99. The Kier molecular flexibility index (Phi) is 6.88. The van der Waals surface area contributed by atoms with Crippen LogP contribution in [0.4, 0.5) is 5.69 Å². The van der Waals surface area contributed by atoms with Crippen LogP contribution in [0.2, 0.25) is 0 Å². The number of ether oxygens (including phenoxy) is 3. The number of nitrogens with one attached hydrogen (secondary N) is 1. The first-order valence-electron chi connectivity index (χ1n) is 10.5. The van der Waals surface area contributed by atoms with Crippen molar-refractivity contribution in [2.45, 2.75) is 0 Å². The Bertz CT molecular complexity index is 1290. The number of benzene rings is 3. The molecule has 0 fully saturated rings. The number of esters is 1. The number of rotatable bonds is 8. The molecule has 0 unspecified atom stereocenters. The van der Waals surface area contributed by atoms with Crippen LogP contribution in [-0.2, 0) is 9.53 Å². The van der Waals surface area contributed by atoms with E-state index in [-0.39, 0.29) is 5.56 Å². The van der Waals surface area contributed by atoms with Gasteiger partial charge in [0.1, 0.15) is 11.3 Å². The molecule has 1 heterocycles. The van der Waals surface area contributed by atoms with Crippen LogP contribution in [0.5, 0.6) is 11.5 Å². The number of hydrogen-bond donors (Lipinski definition) is 1. The highest BCUT2D eigenvalue weighted by Gasteiger charge is 2.21. The Morgan fingerprint density at radius 1 is 0.882 bits per heavy atom. The van der Waals surface area contributed by atoms with Crippen molar-refractivity contribution in [3.8, 4) is 28.4 Å². The summed E-state index contributed by atoms with van der Waals surface area (Å²) in [5.41, 5.74) is 2.77. The second-order valence-electron chi connectivity index (χ2n) is 7.23. The summed E-state index contributed by atoms with van der Waals surface area (Å²) in [7, 11) is 3.03. The van der Waals surface area contributed by atoms with E-state index in [9.17, 15) is 9.59 Å². The second-order valence-corrected chi connectivity index (χ2v) is 7.23. The molecule has 0 spiro atoms. The fraction of sp³-hybridized carbons (Fsp3) is 0.115. The highest BCUT2D eigenvalue weighted by Crippen LogP contribution is 2.29. The molecule has 0 radical (unpaired) electrons. The third-order valence-corrected chi connectivity index (χ3v) is 5.00. The first-order valence-corrected chi connectivity index (χ1v) is 10.5. The molecule has 4 rings (SSSR count).